The van der Waals surface area contributed by atoms with E-state index in [9.17, 15) is 4.79 Å². The number of thioether (sulfide) groups is 1. The Morgan fingerprint density at radius 3 is 2.60 bits per heavy atom. The predicted molar refractivity (Wildman–Crippen MR) is 80.6 cm³/mol. The van der Waals surface area contributed by atoms with Gasteiger partial charge in [-0.1, -0.05) is 18.2 Å². The van der Waals surface area contributed by atoms with Crippen molar-refractivity contribution in [1.29, 1.82) is 0 Å². The molecule has 2 aromatic carbocycles. The first-order valence-corrected chi connectivity index (χ1v) is 7.36. The molecule has 20 heavy (non-hydrogen) atoms. The first-order valence-electron chi connectivity index (χ1n) is 6.37. The lowest BCUT2D eigenvalue weighted by Crippen LogP contribution is -2.01. The number of hydrogen-bond acceptors (Lipinski definition) is 3. The van der Waals surface area contributed by atoms with Crippen molar-refractivity contribution in [3.05, 3.63) is 59.7 Å². The van der Waals surface area contributed by atoms with E-state index in [-0.39, 0.29) is 5.56 Å². The molecule has 2 aromatic rings. The van der Waals surface area contributed by atoms with Crippen LogP contribution in [-0.2, 0) is 5.75 Å². The summed E-state index contributed by atoms with van der Waals surface area (Å²) < 4.78 is 5.55. The third-order valence-corrected chi connectivity index (χ3v) is 3.81. The molecular formula is C16H16O3S. The monoisotopic (exact) mass is 288 g/mol. The highest BCUT2D eigenvalue weighted by Gasteiger charge is 2.09. The average molecular weight is 288 g/mol. The summed E-state index contributed by atoms with van der Waals surface area (Å²) in [6.07, 6.45) is 0. The van der Waals surface area contributed by atoms with Gasteiger partial charge in [0, 0.05) is 16.2 Å². The van der Waals surface area contributed by atoms with Gasteiger partial charge in [-0.3, -0.25) is 0 Å². The molecule has 0 atom stereocenters. The normalized spacial score (nSPS) is 10.2. The largest absolute Gasteiger partial charge is 0.494 e. The van der Waals surface area contributed by atoms with E-state index in [2.05, 4.69) is 0 Å². The van der Waals surface area contributed by atoms with E-state index in [1.54, 1.807) is 30.0 Å². The Balaban J connectivity index is 2.19. The Bertz CT molecular complexity index is 582. The van der Waals surface area contributed by atoms with Gasteiger partial charge in [0.25, 0.3) is 0 Å². The van der Waals surface area contributed by atoms with Crippen molar-refractivity contribution >= 4 is 17.7 Å². The average Bonchev–Trinajstić information content (AvgIpc) is 2.47. The summed E-state index contributed by atoms with van der Waals surface area (Å²) in [6, 6.07) is 15.0. The van der Waals surface area contributed by atoms with Gasteiger partial charge in [0.05, 0.1) is 12.2 Å². The lowest BCUT2D eigenvalue weighted by molar-refractivity contribution is 0.0696. The maximum Gasteiger partial charge on any atom is 0.335 e. The van der Waals surface area contributed by atoms with Gasteiger partial charge in [-0.05, 0) is 37.3 Å². The summed E-state index contributed by atoms with van der Waals surface area (Å²) in [5.41, 5.74) is 1.19. The quantitative estimate of drug-likeness (QED) is 0.814. The molecule has 0 bridgehead atoms. The maximum atomic E-state index is 11.0. The standard InChI is InChI=1S/C16H16O3S/c1-2-19-15-9-8-12(16(17)18)10-13(15)11-20-14-6-4-3-5-7-14/h3-10H,2,11H2,1H3,(H,17,18). The van der Waals surface area contributed by atoms with Crippen molar-refractivity contribution in [3.8, 4) is 5.75 Å². The molecule has 0 heterocycles. The molecule has 0 aromatic heterocycles. The van der Waals surface area contributed by atoms with Gasteiger partial charge in [-0.25, -0.2) is 4.79 Å². The molecule has 1 N–H and O–H groups in total. The molecule has 0 unspecified atom stereocenters. The third kappa shape index (κ3) is 3.78. The van der Waals surface area contributed by atoms with E-state index < -0.39 is 5.97 Å². The molecule has 0 aliphatic heterocycles. The van der Waals surface area contributed by atoms with Crippen LogP contribution in [0.4, 0.5) is 0 Å². The van der Waals surface area contributed by atoms with Crippen molar-refractivity contribution in [2.45, 2.75) is 17.6 Å². The summed E-state index contributed by atoms with van der Waals surface area (Å²) in [7, 11) is 0. The summed E-state index contributed by atoms with van der Waals surface area (Å²) in [6.45, 7) is 2.48. The van der Waals surface area contributed by atoms with Crippen molar-refractivity contribution in [3.63, 3.8) is 0 Å². The Morgan fingerprint density at radius 1 is 1.20 bits per heavy atom. The zero-order chi connectivity index (χ0) is 14.4. The summed E-state index contributed by atoms with van der Waals surface area (Å²) in [5, 5.41) is 9.07. The zero-order valence-corrected chi connectivity index (χ0v) is 12.0. The second kappa shape index (κ2) is 7.01. The van der Waals surface area contributed by atoms with Crippen LogP contribution in [0.15, 0.2) is 53.4 Å². The smallest absolute Gasteiger partial charge is 0.335 e. The minimum absolute atomic E-state index is 0.289. The molecule has 0 saturated heterocycles. The Hall–Kier alpha value is -1.94. The van der Waals surface area contributed by atoms with Gasteiger partial charge in [0.1, 0.15) is 5.75 Å². The molecule has 3 nitrogen and oxygen atoms in total. The number of hydrogen-bond donors (Lipinski definition) is 1. The van der Waals surface area contributed by atoms with E-state index in [1.165, 1.54) is 0 Å². The van der Waals surface area contributed by atoms with Gasteiger partial charge in [-0.15, -0.1) is 11.8 Å². The fraction of sp³-hybridized carbons (Fsp3) is 0.188. The number of aromatic carboxylic acids is 1. The third-order valence-electron chi connectivity index (χ3n) is 2.74. The van der Waals surface area contributed by atoms with Crippen LogP contribution >= 0.6 is 11.8 Å². The second-order valence-corrected chi connectivity index (χ2v) is 5.21. The number of carbonyl (C=O) groups is 1. The minimum atomic E-state index is -0.918. The molecule has 0 spiro atoms. The number of carboxylic acid groups (broad SMARTS) is 1. The molecule has 0 amide bonds. The van der Waals surface area contributed by atoms with Crippen LogP contribution in [0.3, 0.4) is 0 Å². The molecule has 0 fully saturated rings. The molecular weight excluding hydrogens is 272 g/mol. The molecule has 104 valence electrons. The number of ether oxygens (including phenoxy) is 1. The van der Waals surface area contributed by atoms with Crippen molar-refractivity contribution < 1.29 is 14.6 Å². The molecule has 0 aliphatic rings. The van der Waals surface area contributed by atoms with Gasteiger partial charge in [-0.2, -0.15) is 0 Å². The molecule has 2 rings (SSSR count). The highest BCUT2D eigenvalue weighted by molar-refractivity contribution is 7.98. The first kappa shape index (κ1) is 14.5. The van der Waals surface area contributed by atoms with E-state index in [0.29, 0.717) is 12.4 Å². The van der Waals surface area contributed by atoms with Crippen LogP contribution in [0.25, 0.3) is 0 Å². The van der Waals surface area contributed by atoms with Gasteiger partial charge >= 0.3 is 5.97 Å². The Morgan fingerprint density at radius 2 is 1.95 bits per heavy atom. The fourth-order valence-corrected chi connectivity index (χ4v) is 2.70. The SMILES string of the molecule is CCOc1ccc(C(=O)O)cc1CSc1ccccc1. The molecule has 0 aliphatic carbocycles. The van der Waals surface area contributed by atoms with Crippen LogP contribution in [-0.4, -0.2) is 17.7 Å². The van der Waals surface area contributed by atoms with Crippen LogP contribution in [0, 0.1) is 0 Å². The first-order chi connectivity index (χ1) is 9.70. The van der Waals surface area contributed by atoms with Gasteiger partial charge in [0.15, 0.2) is 0 Å². The van der Waals surface area contributed by atoms with Crippen LogP contribution in [0.1, 0.15) is 22.8 Å². The summed E-state index contributed by atoms with van der Waals surface area (Å²) >= 11 is 1.66. The second-order valence-electron chi connectivity index (χ2n) is 4.16. The lowest BCUT2D eigenvalue weighted by Gasteiger charge is -2.11. The van der Waals surface area contributed by atoms with Crippen LogP contribution in [0.5, 0.6) is 5.75 Å². The molecule has 0 radical (unpaired) electrons. The molecule has 0 saturated carbocycles. The summed E-state index contributed by atoms with van der Waals surface area (Å²) in [5.74, 6) is 0.514. The lowest BCUT2D eigenvalue weighted by atomic mass is 10.1. The Labute approximate surface area is 122 Å². The van der Waals surface area contributed by atoms with E-state index >= 15 is 0 Å². The minimum Gasteiger partial charge on any atom is -0.494 e. The highest BCUT2D eigenvalue weighted by atomic mass is 32.2. The molecule has 4 heteroatoms. The Kier molecular flexibility index (Phi) is 5.07. The fourth-order valence-electron chi connectivity index (χ4n) is 1.80. The van der Waals surface area contributed by atoms with Gasteiger partial charge in [0.2, 0.25) is 0 Å². The van der Waals surface area contributed by atoms with Crippen molar-refractivity contribution in [1.82, 2.24) is 0 Å². The van der Waals surface area contributed by atoms with Crippen molar-refractivity contribution in [2.24, 2.45) is 0 Å². The number of benzene rings is 2. The van der Waals surface area contributed by atoms with E-state index in [4.69, 9.17) is 9.84 Å². The van der Waals surface area contributed by atoms with Crippen LogP contribution in [0.2, 0.25) is 0 Å². The van der Waals surface area contributed by atoms with E-state index in [1.807, 2.05) is 37.3 Å². The van der Waals surface area contributed by atoms with Crippen molar-refractivity contribution in [2.75, 3.05) is 6.61 Å². The van der Waals surface area contributed by atoms with Crippen LogP contribution < -0.4 is 4.74 Å². The van der Waals surface area contributed by atoms with Gasteiger partial charge < -0.3 is 9.84 Å². The topological polar surface area (TPSA) is 46.5 Å². The zero-order valence-electron chi connectivity index (χ0n) is 11.2. The summed E-state index contributed by atoms with van der Waals surface area (Å²) in [4.78, 5) is 12.2. The highest BCUT2D eigenvalue weighted by Crippen LogP contribution is 2.29. The number of carboxylic acids is 1. The predicted octanol–water partition coefficient (Wildman–Crippen LogP) is 4.08. The van der Waals surface area contributed by atoms with E-state index in [0.717, 1.165) is 16.2 Å². The number of rotatable bonds is 6. The maximum absolute atomic E-state index is 11.0.